The predicted octanol–water partition coefficient (Wildman–Crippen LogP) is 2.61. The molecule has 0 amide bonds. The van der Waals surface area contributed by atoms with Crippen LogP contribution in [0.5, 0.6) is 5.75 Å². The van der Waals surface area contributed by atoms with Crippen LogP contribution in [0.15, 0.2) is 35.3 Å². The van der Waals surface area contributed by atoms with E-state index < -0.39 is 5.56 Å². The molecule has 0 bridgehead atoms. The minimum Gasteiger partial charge on any atom is -0.497 e. The van der Waals surface area contributed by atoms with Crippen molar-refractivity contribution in [3.63, 3.8) is 0 Å². The fraction of sp³-hybridized carbons (Fsp3) is 0.167. The number of aromatic nitrogens is 2. The molecule has 6 heteroatoms. The van der Waals surface area contributed by atoms with Gasteiger partial charge in [0.25, 0.3) is 5.56 Å². The van der Waals surface area contributed by atoms with E-state index in [9.17, 15) is 4.79 Å². The maximum atomic E-state index is 11.8. The third-order valence-corrected chi connectivity index (χ3v) is 3.16. The summed E-state index contributed by atoms with van der Waals surface area (Å²) in [5, 5.41) is 4.07. The molecule has 0 unspecified atom stereocenters. The molecule has 0 aliphatic heterocycles. The van der Waals surface area contributed by atoms with E-state index in [0.717, 1.165) is 11.3 Å². The number of benzene rings is 1. The van der Waals surface area contributed by atoms with Gasteiger partial charge < -0.3 is 4.74 Å². The van der Waals surface area contributed by atoms with Crippen molar-refractivity contribution >= 4 is 23.2 Å². The summed E-state index contributed by atoms with van der Waals surface area (Å²) >= 11 is 11.5. The average molecular weight is 285 g/mol. The molecule has 0 atom stereocenters. The molecular weight excluding hydrogens is 275 g/mol. The molecule has 1 heterocycles. The molecule has 18 heavy (non-hydrogen) atoms. The van der Waals surface area contributed by atoms with Gasteiger partial charge in [-0.15, -0.1) is 0 Å². The monoisotopic (exact) mass is 284 g/mol. The fourth-order valence-corrected chi connectivity index (χ4v) is 1.77. The molecule has 0 spiro atoms. The van der Waals surface area contributed by atoms with Crippen molar-refractivity contribution in [2.45, 2.75) is 6.54 Å². The van der Waals surface area contributed by atoms with Gasteiger partial charge in [-0.2, -0.15) is 5.10 Å². The zero-order chi connectivity index (χ0) is 13.1. The van der Waals surface area contributed by atoms with Crippen LogP contribution in [0.1, 0.15) is 5.56 Å². The first-order chi connectivity index (χ1) is 8.61. The van der Waals surface area contributed by atoms with Crippen LogP contribution in [-0.4, -0.2) is 16.9 Å². The lowest BCUT2D eigenvalue weighted by atomic mass is 10.2. The van der Waals surface area contributed by atoms with Gasteiger partial charge in [-0.25, -0.2) is 4.68 Å². The van der Waals surface area contributed by atoms with E-state index in [-0.39, 0.29) is 10.0 Å². The quantitative estimate of drug-likeness (QED) is 0.870. The van der Waals surface area contributed by atoms with Crippen LogP contribution in [0.2, 0.25) is 10.0 Å². The van der Waals surface area contributed by atoms with Gasteiger partial charge in [-0.05, 0) is 17.7 Å². The molecule has 0 saturated heterocycles. The van der Waals surface area contributed by atoms with E-state index in [1.165, 1.54) is 10.9 Å². The summed E-state index contributed by atoms with van der Waals surface area (Å²) in [6.45, 7) is 0.312. The second-order valence-corrected chi connectivity index (χ2v) is 4.41. The Kier molecular flexibility index (Phi) is 3.89. The molecule has 94 valence electrons. The fourth-order valence-electron chi connectivity index (χ4n) is 1.50. The first kappa shape index (κ1) is 12.9. The van der Waals surface area contributed by atoms with Crippen molar-refractivity contribution in [1.29, 1.82) is 0 Å². The number of hydrogen-bond acceptors (Lipinski definition) is 3. The van der Waals surface area contributed by atoms with Crippen molar-refractivity contribution in [3.8, 4) is 5.75 Å². The first-order valence-corrected chi connectivity index (χ1v) is 5.91. The van der Waals surface area contributed by atoms with Gasteiger partial charge in [0, 0.05) is 0 Å². The maximum absolute atomic E-state index is 11.8. The van der Waals surface area contributed by atoms with Gasteiger partial charge in [0.15, 0.2) is 0 Å². The molecule has 4 nitrogen and oxygen atoms in total. The van der Waals surface area contributed by atoms with Gasteiger partial charge in [-0.3, -0.25) is 4.79 Å². The van der Waals surface area contributed by atoms with Crippen LogP contribution in [0, 0.1) is 0 Å². The highest BCUT2D eigenvalue weighted by Gasteiger charge is 2.08. The van der Waals surface area contributed by atoms with Gasteiger partial charge in [-0.1, -0.05) is 35.3 Å². The summed E-state index contributed by atoms with van der Waals surface area (Å²) < 4.78 is 6.36. The smallest absolute Gasteiger partial charge is 0.287 e. The number of nitrogens with zero attached hydrogens (tertiary/aromatic N) is 2. The summed E-state index contributed by atoms with van der Waals surface area (Å²) in [5.41, 5.74) is 0.481. The second-order valence-electron chi connectivity index (χ2n) is 3.62. The van der Waals surface area contributed by atoms with E-state index in [1.807, 2.05) is 24.3 Å². The van der Waals surface area contributed by atoms with E-state index >= 15 is 0 Å². The lowest BCUT2D eigenvalue weighted by molar-refractivity contribution is 0.414. The van der Waals surface area contributed by atoms with Gasteiger partial charge in [0.2, 0.25) is 0 Å². The summed E-state index contributed by atoms with van der Waals surface area (Å²) in [7, 11) is 1.59. The number of rotatable bonds is 3. The third kappa shape index (κ3) is 2.66. The predicted molar refractivity (Wildman–Crippen MR) is 70.6 cm³/mol. The second kappa shape index (κ2) is 5.42. The lowest BCUT2D eigenvalue weighted by Gasteiger charge is -2.07. The molecule has 0 saturated carbocycles. The van der Waals surface area contributed by atoms with Crippen molar-refractivity contribution in [1.82, 2.24) is 9.78 Å². The molecule has 0 aliphatic rings. The van der Waals surface area contributed by atoms with E-state index in [1.54, 1.807) is 7.11 Å². The molecule has 0 fully saturated rings. The van der Waals surface area contributed by atoms with Crippen molar-refractivity contribution in [2.75, 3.05) is 7.11 Å². The zero-order valence-corrected chi connectivity index (χ0v) is 11.1. The number of halogens is 2. The number of methoxy groups -OCH3 is 1. The number of hydrogen-bond donors (Lipinski definition) is 0. The van der Waals surface area contributed by atoms with Crippen LogP contribution < -0.4 is 10.3 Å². The molecular formula is C12H10Cl2N2O2. The molecule has 0 radical (unpaired) electrons. The Hall–Kier alpha value is -1.52. The van der Waals surface area contributed by atoms with Crippen LogP contribution in [0.25, 0.3) is 0 Å². The van der Waals surface area contributed by atoms with Gasteiger partial charge >= 0.3 is 0 Å². The summed E-state index contributed by atoms with van der Waals surface area (Å²) in [4.78, 5) is 11.8. The minimum atomic E-state index is -0.410. The van der Waals surface area contributed by atoms with Crippen LogP contribution in [-0.2, 0) is 6.54 Å². The highest BCUT2D eigenvalue weighted by molar-refractivity contribution is 6.41. The Morgan fingerprint density at radius 3 is 2.89 bits per heavy atom. The number of ether oxygens (including phenoxy) is 1. The first-order valence-electron chi connectivity index (χ1n) is 5.16. The summed E-state index contributed by atoms with van der Waals surface area (Å²) in [5.74, 6) is 0.723. The molecule has 0 N–H and O–H groups in total. The van der Waals surface area contributed by atoms with Gasteiger partial charge in [0.1, 0.15) is 10.8 Å². The van der Waals surface area contributed by atoms with Crippen LogP contribution in [0.4, 0.5) is 0 Å². The topological polar surface area (TPSA) is 44.1 Å². The Labute approximate surface area is 114 Å². The Bertz CT molecular complexity index is 626. The normalized spacial score (nSPS) is 10.4. The highest BCUT2D eigenvalue weighted by atomic mass is 35.5. The largest absolute Gasteiger partial charge is 0.497 e. The lowest BCUT2D eigenvalue weighted by Crippen LogP contribution is -2.23. The molecule has 0 aliphatic carbocycles. The third-order valence-electron chi connectivity index (χ3n) is 2.41. The highest BCUT2D eigenvalue weighted by Crippen LogP contribution is 2.16. The standard InChI is InChI=1S/C12H10Cl2N2O2/c1-18-9-4-2-3-8(5-9)7-16-12(17)11(14)10(13)6-15-16/h2-6H,7H2,1H3. The average Bonchev–Trinajstić information content (AvgIpc) is 2.40. The van der Waals surface area contributed by atoms with Crippen molar-refractivity contribution in [3.05, 3.63) is 56.4 Å². The maximum Gasteiger partial charge on any atom is 0.287 e. The Balaban J connectivity index is 2.34. The van der Waals surface area contributed by atoms with Crippen LogP contribution in [0.3, 0.4) is 0 Å². The van der Waals surface area contributed by atoms with E-state index in [2.05, 4.69) is 5.10 Å². The van der Waals surface area contributed by atoms with Crippen LogP contribution >= 0.6 is 23.2 Å². The van der Waals surface area contributed by atoms with Gasteiger partial charge in [0.05, 0.1) is 24.9 Å². The van der Waals surface area contributed by atoms with Crippen molar-refractivity contribution in [2.24, 2.45) is 0 Å². The molecule has 2 aromatic rings. The Morgan fingerprint density at radius 2 is 2.17 bits per heavy atom. The summed E-state index contributed by atoms with van der Waals surface area (Å²) in [6, 6.07) is 7.38. The van der Waals surface area contributed by atoms with E-state index in [4.69, 9.17) is 27.9 Å². The van der Waals surface area contributed by atoms with E-state index in [0.29, 0.717) is 6.54 Å². The summed E-state index contributed by atoms with van der Waals surface area (Å²) in [6.07, 6.45) is 1.35. The SMILES string of the molecule is COc1cccc(Cn2ncc(Cl)c(Cl)c2=O)c1. The zero-order valence-electron chi connectivity index (χ0n) is 9.56. The molecule has 1 aromatic carbocycles. The molecule has 2 rings (SSSR count). The Morgan fingerprint density at radius 1 is 1.39 bits per heavy atom. The minimum absolute atomic E-state index is 0.0189. The van der Waals surface area contributed by atoms with Crippen molar-refractivity contribution < 1.29 is 4.74 Å². The molecule has 1 aromatic heterocycles.